The number of carbonyl (C=O) groups excluding carboxylic acids is 2. The van der Waals surface area contributed by atoms with Gasteiger partial charge in [-0.15, -0.1) is 0 Å². The van der Waals surface area contributed by atoms with Crippen molar-refractivity contribution < 1.29 is 18.7 Å². The van der Waals surface area contributed by atoms with E-state index in [2.05, 4.69) is 5.32 Å². The Kier molecular flexibility index (Phi) is 5.74. The van der Waals surface area contributed by atoms with Crippen molar-refractivity contribution >= 4 is 28.5 Å². The number of nitrogens with zero attached hydrogens (tertiary/aromatic N) is 1. The lowest BCUT2D eigenvalue weighted by Gasteiger charge is -2.19. The number of rotatable bonds is 6. The van der Waals surface area contributed by atoms with Gasteiger partial charge in [0, 0.05) is 24.4 Å². The van der Waals surface area contributed by atoms with Crippen LogP contribution in [-0.4, -0.2) is 36.9 Å². The molecule has 0 aliphatic heterocycles. The highest BCUT2D eigenvalue weighted by molar-refractivity contribution is 5.98. The standard InChI is InChI=1S/C21H20N2O5/c1-3-23(13-20(25)22-14-7-6-8-15(11-14)27-2)21(26)19-12-17(24)16-9-4-5-10-18(16)28-19/h4-12H,3,13H2,1-2H3,(H,22,25). The van der Waals surface area contributed by atoms with Crippen molar-refractivity contribution in [3.63, 3.8) is 0 Å². The molecule has 0 unspecified atom stereocenters. The number of benzene rings is 2. The molecule has 2 aromatic carbocycles. The molecule has 1 N–H and O–H groups in total. The van der Waals surface area contributed by atoms with Crippen molar-refractivity contribution in [2.24, 2.45) is 0 Å². The van der Waals surface area contributed by atoms with Gasteiger partial charge in [0.15, 0.2) is 11.2 Å². The molecule has 0 atom stereocenters. The van der Waals surface area contributed by atoms with Crippen molar-refractivity contribution in [1.29, 1.82) is 0 Å². The number of likely N-dealkylation sites (N-methyl/N-ethyl adjacent to an activating group) is 1. The van der Waals surface area contributed by atoms with Gasteiger partial charge in [-0.3, -0.25) is 14.4 Å². The van der Waals surface area contributed by atoms with E-state index in [1.54, 1.807) is 55.5 Å². The summed E-state index contributed by atoms with van der Waals surface area (Å²) in [5, 5.41) is 3.12. The van der Waals surface area contributed by atoms with Gasteiger partial charge in [-0.05, 0) is 31.2 Å². The third-order valence-corrected chi connectivity index (χ3v) is 4.20. The number of carbonyl (C=O) groups is 2. The number of anilines is 1. The number of hydrogen-bond donors (Lipinski definition) is 1. The average Bonchev–Trinajstić information content (AvgIpc) is 2.71. The van der Waals surface area contributed by atoms with E-state index in [-0.39, 0.29) is 30.2 Å². The molecule has 0 fully saturated rings. The maximum atomic E-state index is 12.8. The molecule has 0 saturated heterocycles. The SMILES string of the molecule is CCN(CC(=O)Nc1cccc(OC)c1)C(=O)c1cc(=O)c2ccccc2o1. The molecule has 144 valence electrons. The average molecular weight is 380 g/mol. The third kappa shape index (κ3) is 4.20. The highest BCUT2D eigenvalue weighted by Gasteiger charge is 2.21. The lowest BCUT2D eigenvalue weighted by Crippen LogP contribution is -2.38. The maximum absolute atomic E-state index is 12.8. The fraction of sp³-hybridized carbons (Fsp3) is 0.190. The minimum atomic E-state index is -0.522. The van der Waals surface area contributed by atoms with Crippen molar-refractivity contribution in [3.05, 3.63) is 70.6 Å². The van der Waals surface area contributed by atoms with E-state index in [1.807, 2.05) is 0 Å². The number of para-hydroxylation sites is 1. The number of nitrogens with one attached hydrogen (secondary N) is 1. The first-order valence-corrected chi connectivity index (χ1v) is 8.78. The van der Waals surface area contributed by atoms with Crippen LogP contribution < -0.4 is 15.5 Å². The van der Waals surface area contributed by atoms with Gasteiger partial charge in [0.2, 0.25) is 5.91 Å². The maximum Gasteiger partial charge on any atom is 0.290 e. The van der Waals surface area contributed by atoms with Crippen molar-refractivity contribution in [2.45, 2.75) is 6.92 Å². The van der Waals surface area contributed by atoms with Gasteiger partial charge in [0.25, 0.3) is 5.91 Å². The fourth-order valence-corrected chi connectivity index (χ4v) is 2.77. The Balaban J connectivity index is 1.76. The molecule has 1 aromatic heterocycles. The fourth-order valence-electron chi connectivity index (χ4n) is 2.77. The van der Waals surface area contributed by atoms with Crippen LogP contribution >= 0.6 is 0 Å². The second kappa shape index (κ2) is 8.39. The molecule has 0 bridgehead atoms. The smallest absolute Gasteiger partial charge is 0.290 e. The molecule has 0 radical (unpaired) electrons. The summed E-state index contributed by atoms with van der Waals surface area (Å²) in [7, 11) is 1.54. The summed E-state index contributed by atoms with van der Waals surface area (Å²) in [6.07, 6.45) is 0. The first-order valence-electron chi connectivity index (χ1n) is 8.78. The molecule has 3 rings (SSSR count). The Labute approximate surface area is 161 Å². The monoisotopic (exact) mass is 380 g/mol. The largest absolute Gasteiger partial charge is 0.497 e. The minimum absolute atomic E-state index is 0.0975. The van der Waals surface area contributed by atoms with Gasteiger partial charge in [0.1, 0.15) is 17.9 Å². The Morgan fingerprint density at radius 3 is 2.64 bits per heavy atom. The van der Waals surface area contributed by atoms with Crippen LogP contribution in [0.2, 0.25) is 0 Å². The highest BCUT2D eigenvalue weighted by Crippen LogP contribution is 2.17. The van der Waals surface area contributed by atoms with Crippen LogP contribution in [0.4, 0.5) is 5.69 Å². The number of hydrogen-bond acceptors (Lipinski definition) is 5. The summed E-state index contributed by atoms with van der Waals surface area (Å²) < 4.78 is 10.7. The zero-order chi connectivity index (χ0) is 20.1. The molecule has 2 amide bonds. The van der Waals surface area contributed by atoms with E-state index in [1.165, 1.54) is 12.0 Å². The van der Waals surface area contributed by atoms with Gasteiger partial charge in [-0.2, -0.15) is 0 Å². The highest BCUT2D eigenvalue weighted by atomic mass is 16.5. The van der Waals surface area contributed by atoms with Gasteiger partial charge in [0.05, 0.1) is 12.5 Å². The predicted molar refractivity (Wildman–Crippen MR) is 106 cm³/mol. The number of methoxy groups -OCH3 is 1. The first kappa shape index (κ1) is 19.2. The quantitative estimate of drug-likeness (QED) is 0.710. The topological polar surface area (TPSA) is 88.9 Å². The Morgan fingerprint density at radius 1 is 1.11 bits per heavy atom. The summed E-state index contributed by atoms with van der Waals surface area (Å²) in [5.74, 6) is -0.378. The van der Waals surface area contributed by atoms with Crippen LogP contribution in [0.1, 0.15) is 17.5 Å². The van der Waals surface area contributed by atoms with Gasteiger partial charge in [-0.25, -0.2) is 0 Å². The van der Waals surface area contributed by atoms with Crippen molar-refractivity contribution in [3.8, 4) is 5.75 Å². The molecule has 0 aliphatic carbocycles. The lowest BCUT2D eigenvalue weighted by molar-refractivity contribution is -0.116. The molecule has 7 nitrogen and oxygen atoms in total. The van der Waals surface area contributed by atoms with Crippen LogP contribution in [0, 0.1) is 0 Å². The van der Waals surface area contributed by atoms with E-state index in [0.717, 1.165) is 6.07 Å². The Morgan fingerprint density at radius 2 is 1.89 bits per heavy atom. The molecular weight excluding hydrogens is 360 g/mol. The zero-order valence-electron chi connectivity index (χ0n) is 15.6. The van der Waals surface area contributed by atoms with Gasteiger partial charge < -0.3 is 19.4 Å². The second-order valence-corrected chi connectivity index (χ2v) is 6.07. The first-order chi connectivity index (χ1) is 13.5. The van der Waals surface area contributed by atoms with E-state index in [4.69, 9.17) is 9.15 Å². The van der Waals surface area contributed by atoms with E-state index < -0.39 is 5.91 Å². The number of amides is 2. The summed E-state index contributed by atoms with van der Waals surface area (Å²) in [6, 6.07) is 14.8. The molecule has 3 aromatic rings. The Hall–Kier alpha value is -3.61. The van der Waals surface area contributed by atoms with Crippen LogP contribution in [0.15, 0.2) is 63.8 Å². The molecule has 7 heteroatoms. The van der Waals surface area contributed by atoms with Crippen LogP contribution in [0.5, 0.6) is 5.75 Å². The van der Waals surface area contributed by atoms with E-state index in [0.29, 0.717) is 22.4 Å². The van der Waals surface area contributed by atoms with E-state index >= 15 is 0 Å². The number of fused-ring (bicyclic) bond motifs is 1. The summed E-state index contributed by atoms with van der Waals surface area (Å²) >= 11 is 0. The molecular formula is C21H20N2O5. The Bertz CT molecular complexity index is 1070. The van der Waals surface area contributed by atoms with E-state index in [9.17, 15) is 14.4 Å². The van der Waals surface area contributed by atoms with Gasteiger partial charge in [-0.1, -0.05) is 18.2 Å². The molecule has 28 heavy (non-hydrogen) atoms. The molecule has 0 spiro atoms. The molecule has 0 saturated carbocycles. The van der Waals surface area contributed by atoms with Crippen molar-refractivity contribution in [2.75, 3.05) is 25.5 Å². The molecule has 0 aliphatic rings. The van der Waals surface area contributed by atoms with Crippen LogP contribution in [0.25, 0.3) is 11.0 Å². The van der Waals surface area contributed by atoms with Gasteiger partial charge >= 0.3 is 0 Å². The third-order valence-electron chi connectivity index (χ3n) is 4.20. The molecule has 1 heterocycles. The minimum Gasteiger partial charge on any atom is -0.497 e. The summed E-state index contributed by atoms with van der Waals surface area (Å²) in [5.41, 5.74) is 0.586. The number of ether oxygens (including phenoxy) is 1. The van der Waals surface area contributed by atoms with Crippen LogP contribution in [0.3, 0.4) is 0 Å². The van der Waals surface area contributed by atoms with Crippen molar-refractivity contribution in [1.82, 2.24) is 4.90 Å². The predicted octanol–water partition coefficient (Wildman–Crippen LogP) is 2.90. The zero-order valence-corrected chi connectivity index (χ0v) is 15.6. The summed E-state index contributed by atoms with van der Waals surface area (Å²) in [4.78, 5) is 38.6. The summed E-state index contributed by atoms with van der Waals surface area (Å²) in [6.45, 7) is 1.85. The van der Waals surface area contributed by atoms with Crippen LogP contribution in [-0.2, 0) is 4.79 Å². The lowest BCUT2D eigenvalue weighted by atomic mass is 10.2. The normalized spacial score (nSPS) is 10.5. The second-order valence-electron chi connectivity index (χ2n) is 6.07.